The van der Waals surface area contributed by atoms with Crippen molar-refractivity contribution in [2.24, 2.45) is 0 Å². The van der Waals surface area contributed by atoms with Crippen LogP contribution in [0.4, 0.5) is 74.6 Å². The van der Waals surface area contributed by atoms with Gasteiger partial charge in [0, 0.05) is 13.1 Å². The third kappa shape index (κ3) is 34.4. The van der Waals surface area contributed by atoms with Crippen molar-refractivity contribution in [2.45, 2.75) is 60.3 Å². The van der Waals surface area contributed by atoms with Crippen LogP contribution >= 0.6 is 0 Å². The van der Waals surface area contributed by atoms with E-state index < -0.39 is 94.0 Å². The second-order valence-electron chi connectivity index (χ2n) is 18.2. The van der Waals surface area contributed by atoms with E-state index in [-0.39, 0.29) is 59.5 Å². The molecule has 0 atom stereocenters. The molecule has 0 aliphatic carbocycles. The van der Waals surface area contributed by atoms with E-state index in [1.54, 1.807) is 0 Å². The van der Waals surface area contributed by atoms with Gasteiger partial charge in [-0.1, -0.05) is 6.92 Å². The lowest BCUT2D eigenvalue weighted by Gasteiger charge is -2.43. The molecule has 0 heterocycles. The molecule has 0 rings (SSSR count). The van der Waals surface area contributed by atoms with Crippen LogP contribution in [0.5, 0.6) is 0 Å². The van der Waals surface area contributed by atoms with Gasteiger partial charge in [-0.15, -0.1) is 0 Å². The van der Waals surface area contributed by atoms with Crippen LogP contribution in [0, 0.1) is 0 Å². The van der Waals surface area contributed by atoms with Crippen molar-refractivity contribution >= 4 is 10.0 Å². The summed E-state index contributed by atoms with van der Waals surface area (Å²) in [5.74, 6) is -52.0. The molecule has 0 unspecified atom stereocenters. The second kappa shape index (κ2) is 51.2. The van der Waals surface area contributed by atoms with Crippen LogP contribution < -0.4 is 0 Å². The van der Waals surface area contributed by atoms with Crippen molar-refractivity contribution in [3.8, 4) is 0 Å². The minimum Gasteiger partial charge on any atom is -0.394 e. The summed E-state index contributed by atoms with van der Waals surface area (Å²) in [5.41, 5.74) is 0. The summed E-state index contributed by atoms with van der Waals surface area (Å²) >= 11 is 0. The average molecular weight is 1420 g/mol. The first-order valence-corrected chi connectivity index (χ1v) is 30.2. The first-order valence-electron chi connectivity index (χ1n) is 28.8. The Kier molecular flexibility index (Phi) is 50.0. The normalized spacial score (nSPS) is 13.6. The fourth-order valence-corrected chi connectivity index (χ4v) is 7.88. The molecule has 0 spiro atoms. The number of hydrogen-bond acceptors (Lipinski definition) is 22. The number of aliphatic hydroxyl groups is 1. The van der Waals surface area contributed by atoms with Crippen molar-refractivity contribution in [1.82, 2.24) is 4.31 Å². The van der Waals surface area contributed by atoms with Gasteiger partial charge in [0.05, 0.1) is 258 Å². The van der Waals surface area contributed by atoms with Crippen LogP contribution in [0.15, 0.2) is 0 Å². The Bertz CT molecular complexity index is 1850. The third-order valence-corrected chi connectivity index (χ3v) is 13.2. The molecule has 554 valence electrons. The van der Waals surface area contributed by atoms with Crippen LogP contribution in [-0.2, 0) is 100 Å². The maximum absolute atomic E-state index is 14.7. The number of halogens is 17. The van der Waals surface area contributed by atoms with Crippen molar-refractivity contribution in [3.63, 3.8) is 0 Å². The molecule has 0 saturated heterocycles. The van der Waals surface area contributed by atoms with Crippen molar-refractivity contribution < 1.29 is 178 Å². The standard InChI is InChI=1S/C51H88F17NO22S/c1-2-3-69(92(71,72)51(67,68)49(62,63)47(58,59)45(54,55)44(52,53)46(56,57)48(60,61)50(64,65)66)4-6-73-8-10-75-12-14-77-16-18-79-20-22-81-24-26-83-28-30-85-32-34-87-36-38-89-40-42-91-43-41-90-39-37-88-35-33-86-31-29-84-27-25-82-23-21-80-19-17-78-15-13-76-11-9-74-7-5-70/h70H,2-43H2,1H3. The monoisotopic (exact) mass is 1420 g/mol. The number of nitrogens with zero attached hydrogens (tertiary/aromatic N) is 1. The van der Waals surface area contributed by atoms with Crippen LogP contribution in [0.25, 0.3) is 0 Å². The summed E-state index contributed by atoms with van der Waals surface area (Å²) in [7, 11) is -7.43. The van der Waals surface area contributed by atoms with E-state index in [9.17, 15) is 83.1 Å². The smallest absolute Gasteiger partial charge is 0.394 e. The van der Waals surface area contributed by atoms with Crippen LogP contribution in [0.1, 0.15) is 13.3 Å². The van der Waals surface area contributed by atoms with Gasteiger partial charge >= 0.3 is 47.0 Å². The highest BCUT2D eigenvalue weighted by molar-refractivity contribution is 7.90. The molecule has 1 N–H and O–H groups in total. The van der Waals surface area contributed by atoms with Crippen molar-refractivity contribution in [2.75, 3.05) is 271 Å². The fraction of sp³-hybridized carbons (Fsp3) is 1.00. The highest BCUT2D eigenvalue weighted by Crippen LogP contribution is 2.64. The van der Waals surface area contributed by atoms with E-state index in [0.29, 0.717) is 185 Å². The Balaban J connectivity index is 3.73. The van der Waals surface area contributed by atoms with Gasteiger partial charge in [-0.3, -0.25) is 0 Å². The molecule has 0 radical (unpaired) electrons. The fourth-order valence-electron chi connectivity index (χ4n) is 6.37. The first-order chi connectivity index (χ1) is 43.5. The molecule has 0 aliphatic heterocycles. The summed E-state index contributed by atoms with van der Waals surface area (Å²) in [6.07, 6.45) is -8.54. The van der Waals surface area contributed by atoms with Gasteiger partial charge in [0.1, 0.15) is 0 Å². The molecular formula is C51H88F17NO22S. The molecule has 92 heavy (non-hydrogen) atoms. The van der Waals surface area contributed by atoms with E-state index in [2.05, 4.69) is 0 Å². The van der Waals surface area contributed by atoms with Crippen molar-refractivity contribution in [3.05, 3.63) is 0 Å². The maximum Gasteiger partial charge on any atom is 0.460 e. The molecule has 23 nitrogen and oxygen atoms in total. The number of alkyl halides is 17. The number of aliphatic hydroxyl groups excluding tert-OH is 1. The van der Waals surface area contributed by atoms with E-state index in [1.807, 2.05) is 0 Å². The quantitative estimate of drug-likeness (QED) is 0.0601. The third-order valence-electron chi connectivity index (χ3n) is 11.2. The molecule has 0 aliphatic rings. The predicted octanol–water partition coefficient (Wildman–Crippen LogP) is 5.30. The molecule has 41 heteroatoms. The highest BCUT2D eigenvalue weighted by atomic mass is 32.2. The van der Waals surface area contributed by atoms with Gasteiger partial charge in [0.2, 0.25) is 0 Å². The largest absolute Gasteiger partial charge is 0.460 e. The molecule has 0 aromatic carbocycles. The zero-order valence-electron chi connectivity index (χ0n) is 51.0. The Morgan fingerprint density at radius 1 is 0.250 bits per heavy atom. The van der Waals surface area contributed by atoms with Gasteiger partial charge in [-0.25, -0.2) is 8.42 Å². The maximum atomic E-state index is 14.7. The zero-order valence-corrected chi connectivity index (χ0v) is 51.8. The Morgan fingerprint density at radius 2 is 0.413 bits per heavy atom. The highest BCUT2D eigenvalue weighted by Gasteiger charge is 2.96. The van der Waals surface area contributed by atoms with Gasteiger partial charge in [0.15, 0.2) is 0 Å². The molecule has 0 aromatic rings. The van der Waals surface area contributed by atoms with Gasteiger partial charge in [-0.05, 0) is 6.42 Å². The summed E-state index contributed by atoms with van der Waals surface area (Å²) in [5, 5.41) is 0.957. The molecule has 0 amide bonds. The van der Waals surface area contributed by atoms with Gasteiger partial charge in [0.25, 0.3) is 10.0 Å². The number of ether oxygens (including phenoxy) is 19. The topological polar surface area (TPSA) is 233 Å². The number of rotatable bonds is 69. The van der Waals surface area contributed by atoms with Gasteiger partial charge < -0.3 is 95.1 Å². The lowest BCUT2D eigenvalue weighted by atomic mass is 9.91. The number of hydrogen-bond donors (Lipinski definition) is 1. The van der Waals surface area contributed by atoms with Crippen molar-refractivity contribution in [1.29, 1.82) is 0 Å². The minimum absolute atomic E-state index is 0.00658. The van der Waals surface area contributed by atoms with E-state index in [1.165, 1.54) is 0 Å². The minimum atomic E-state index is -8.91. The summed E-state index contributed by atoms with van der Waals surface area (Å²) in [6, 6.07) is 0. The van der Waals surface area contributed by atoms with E-state index in [0.717, 1.165) is 6.92 Å². The zero-order chi connectivity index (χ0) is 69.2. The predicted molar refractivity (Wildman–Crippen MR) is 284 cm³/mol. The Labute approximate surface area is 522 Å². The Hall–Kier alpha value is -2.08. The lowest BCUT2D eigenvalue weighted by molar-refractivity contribution is -0.458. The van der Waals surface area contributed by atoms with Crippen LogP contribution in [0.2, 0.25) is 0 Å². The summed E-state index contributed by atoms with van der Waals surface area (Å²) < 4.78 is 359. The second-order valence-corrected chi connectivity index (χ2v) is 20.2. The summed E-state index contributed by atoms with van der Waals surface area (Å²) in [4.78, 5) is 0. The van der Waals surface area contributed by atoms with E-state index >= 15 is 0 Å². The Morgan fingerprint density at radius 3 is 0.587 bits per heavy atom. The van der Waals surface area contributed by atoms with Crippen LogP contribution in [-0.4, -0.2) is 336 Å². The molecule has 0 bridgehead atoms. The molecule has 0 aromatic heterocycles. The van der Waals surface area contributed by atoms with Crippen LogP contribution in [0.3, 0.4) is 0 Å². The first kappa shape index (κ1) is 89.9. The molecular weight excluding hydrogens is 1330 g/mol. The summed E-state index contributed by atoms with van der Waals surface area (Å²) in [6.45, 7) is 8.74. The molecule has 0 saturated carbocycles. The van der Waals surface area contributed by atoms with E-state index in [4.69, 9.17) is 95.1 Å². The SMILES string of the molecule is CCCN(CCOCCOCCOCCOCCOCCOCCOCCOCCOCCOCCOCCOCCOCCOCCOCCOCCOCCOCCOCCO)S(=O)(=O)C(F)(F)C(F)(F)C(F)(F)C(F)(F)C(F)(F)C(F)(F)C(F)(F)C(F)(F)F. The lowest BCUT2D eigenvalue weighted by Crippen LogP contribution is -2.75. The number of sulfonamides is 1. The molecule has 0 fully saturated rings. The average Bonchev–Trinajstić information content (AvgIpc) is 0.694. The van der Waals surface area contributed by atoms with Gasteiger partial charge in [-0.2, -0.15) is 78.9 Å².